The van der Waals surface area contributed by atoms with Gasteiger partial charge in [0.1, 0.15) is 0 Å². The Morgan fingerprint density at radius 2 is 1.68 bits per heavy atom. The van der Waals surface area contributed by atoms with Gasteiger partial charge in [-0.2, -0.15) is 5.26 Å². The number of nitro groups is 1. The van der Waals surface area contributed by atoms with Crippen LogP contribution in [0.2, 0.25) is 0 Å². The highest BCUT2D eigenvalue weighted by Gasteiger charge is 2.66. The van der Waals surface area contributed by atoms with Gasteiger partial charge in [0.05, 0.1) is 9.82 Å². The number of nitrogens with zero attached hydrogens (tertiary/aromatic N) is 2. The summed E-state index contributed by atoms with van der Waals surface area (Å²) in [5.74, 6) is 0. The molecule has 1 unspecified atom stereocenters. The Kier molecular flexibility index (Phi) is 3.65. The first-order valence-electron chi connectivity index (χ1n) is 4.66. The summed E-state index contributed by atoms with van der Waals surface area (Å²) in [5.41, 5.74) is 0. The second kappa shape index (κ2) is 4.60. The Labute approximate surface area is 109 Å². The van der Waals surface area contributed by atoms with Crippen molar-refractivity contribution in [1.82, 2.24) is 0 Å². The normalized spacial score (nSPS) is 15.2. The predicted octanol–water partition coefficient (Wildman–Crippen LogP) is -0.0410. The smallest absolute Gasteiger partial charge is 0.261 e. The first-order chi connectivity index (χ1) is 8.61. The zero-order valence-corrected chi connectivity index (χ0v) is 11.2. The largest absolute Gasteiger partial charge is 0.503 e. The van der Waals surface area contributed by atoms with E-state index in [9.17, 15) is 26.9 Å². The Balaban J connectivity index is 3.82. The van der Waals surface area contributed by atoms with Gasteiger partial charge in [-0.25, -0.2) is 16.8 Å². The number of sulfone groups is 2. The molecule has 0 fully saturated rings. The van der Waals surface area contributed by atoms with Gasteiger partial charge in [-0.15, -0.1) is 0 Å². The van der Waals surface area contributed by atoms with Crippen molar-refractivity contribution in [3.05, 3.63) is 40.4 Å². The molecular formula is C9H8N2O6S2. The topological polar surface area (TPSA) is 135 Å². The second-order valence-electron chi connectivity index (χ2n) is 3.54. The fraction of sp³-hybridized carbons (Fsp3) is 0.222. The summed E-state index contributed by atoms with van der Waals surface area (Å²) in [6.07, 6.45) is 0.333. The zero-order chi connectivity index (χ0) is 14.9. The summed E-state index contributed by atoms with van der Waals surface area (Å²) in [4.78, 5) is 8.73. The molecule has 10 heteroatoms. The van der Waals surface area contributed by atoms with Gasteiger partial charge in [0.25, 0.3) is 9.84 Å². The maximum Gasteiger partial charge on any atom is 0.503 e. The molecule has 0 saturated heterocycles. The number of rotatable bonds is 4. The van der Waals surface area contributed by atoms with Crippen molar-refractivity contribution in [2.24, 2.45) is 0 Å². The van der Waals surface area contributed by atoms with Gasteiger partial charge < -0.3 is 0 Å². The predicted molar refractivity (Wildman–Crippen MR) is 63.8 cm³/mol. The lowest BCUT2D eigenvalue weighted by Gasteiger charge is -2.16. The molecule has 102 valence electrons. The van der Waals surface area contributed by atoms with Crippen molar-refractivity contribution in [3.63, 3.8) is 0 Å². The highest BCUT2D eigenvalue weighted by Crippen LogP contribution is 2.30. The monoisotopic (exact) mass is 304 g/mol. The van der Waals surface area contributed by atoms with Gasteiger partial charge in [-0.1, -0.05) is 18.2 Å². The molecule has 0 heterocycles. The molecule has 0 radical (unpaired) electrons. The third-order valence-corrected chi connectivity index (χ3v) is 6.98. The minimum atomic E-state index is -5.02. The third-order valence-electron chi connectivity index (χ3n) is 2.30. The van der Waals surface area contributed by atoms with Gasteiger partial charge in [-0.05, 0) is 12.1 Å². The third kappa shape index (κ3) is 2.06. The Hall–Kier alpha value is -1.99. The summed E-state index contributed by atoms with van der Waals surface area (Å²) in [5, 5.41) is 19.8. The molecule has 1 atom stereocenters. The summed E-state index contributed by atoms with van der Waals surface area (Å²) in [6, 6.07) is 6.75. The maximum atomic E-state index is 12.1. The molecule has 8 nitrogen and oxygen atoms in total. The van der Waals surface area contributed by atoms with E-state index in [0.717, 1.165) is 18.2 Å². The number of nitriles is 1. The van der Waals surface area contributed by atoms with Crippen molar-refractivity contribution < 1.29 is 21.8 Å². The molecule has 0 N–H and O–H groups in total. The van der Waals surface area contributed by atoms with E-state index in [1.54, 1.807) is 0 Å². The van der Waals surface area contributed by atoms with Gasteiger partial charge in [0.2, 0.25) is 9.84 Å². The molecule has 1 rings (SSSR count). The fourth-order valence-corrected chi connectivity index (χ4v) is 4.85. The molecule has 0 spiro atoms. The van der Waals surface area contributed by atoms with Crippen molar-refractivity contribution >= 4 is 19.7 Å². The van der Waals surface area contributed by atoms with E-state index in [1.165, 1.54) is 18.2 Å². The van der Waals surface area contributed by atoms with Crippen molar-refractivity contribution in [3.8, 4) is 6.07 Å². The van der Waals surface area contributed by atoms with E-state index in [-0.39, 0.29) is 0 Å². The lowest BCUT2D eigenvalue weighted by atomic mass is 10.4. The fourth-order valence-electron chi connectivity index (χ4n) is 1.38. The van der Waals surface area contributed by atoms with Crippen LogP contribution < -0.4 is 0 Å². The first-order valence-corrected chi connectivity index (χ1v) is 8.03. The standard InChI is InChI=1S/C9H8N2O6S2/c1-18(14,15)9(7-10,11(12)13)19(16,17)8-5-3-2-4-6-8/h2-6H,1H3. The van der Waals surface area contributed by atoms with E-state index < -0.39 is 33.7 Å². The molecule has 1 aromatic carbocycles. The second-order valence-corrected chi connectivity index (χ2v) is 8.00. The van der Waals surface area contributed by atoms with E-state index >= 15 is 0 Å². The lowest BCUT2D eigenvalue weighted by molar-refractivity contribution is -0.498. The van der Waals surface area contributed by atoms with Crippen LogP contribution in [0, 0.1) is 21.4 Å². The zero-order valence-electron chi connectivity index (χ0n) is 9.55. The van der Waals surface area contributed by atoms with Crippen LogP contribution in [0.15, 0.2) is 35.2 Å². The van der Waals surface area contributed by atoms with E-state index in [4.69, 9.17) is 5.26 Å². The minimum Gasteiger partial charge on any atom is -0.261 e. The molecule has 0 aliphatic carbocycles. The van der Waals surface area contributed by atoms with E-state index in [1.807, 2.05) is 0 Å². The molecule has 0 saturated carbocycles. The Morgan fingerprint density at radius 1 is 1.21 bits per heavy atom. The number of benzene rings is 1. The molecule has 0 aromatic heterocycles. The van der Waals surface area contributed by atoms with Crippen LogP contribution in [-0.2, 0) is 19.7 Å². The minimum absolute atomic E-state index is 0.333. The average Bonchev–Trinajstić information content (AvgIpc) is 2.28. The van der Waals surface area contributed by atoms with E-state index in [2.05, 4.69) is 0 Å². The Morgan fingerprint density at radius 3 is 2.00 bits per heavy atom. The van der Waals surface area contributed by atoms with Crippen molar-refractivity contribution in [1.29, 1.82) is 5.26 Å². The van der Waals surface area contributed by atoms with Gasteiger partial charge in [0, 0.05) is 6.26 Å². The number of hydrogen-bond donors (Lipinski definition) is 0. The first kappa shape index (κ1) is 15.1. The van der Waals surface area contributed by atoms with Crippen LogP contribution in [0.25, 0.3) is 0 Å². The molecule has 0 bridgehead atoms. The summed E-state index contributed by atoms with van der Waals surface area (Å²) in [7, 11) is -9.85. The molecule has 1 aromatic rings. The summed E-state index contributed by atoms with van der Waals surface area (Å²) < 4.78 is 43.5. The van der Waals surface area contributed by atoms with Crippen LogP contribution in [0.5, 0.6) is 0 Å². The summed E-state index contributed by atoms with van der Waals surface area (Å²) >= 11 is 0. The van der Waals surface area contributed by atoms with E-state index in [0.29, 0.717) is 6.26 Å². The highest BCUT2D eigenvalue weighted by atomic mass is 32.3. The molecule has 0 aliphatic heterocycles. The average molecular weight is 304 g/mol. The Bertz CT molecular complexity index is 748. The molecule has 0 aliphatic rings. The van der Waals surface area contributed by atoms with Crippen molar-refractivity contribution in [2.75, 3.05) is 6.26 Å². The van der Waals surface area contributed by atoms with Crippen LogP contribution in [0.1, 0.15) is 0 Å². The van der Waals surface area contributed by atoms with Crippen LogP contribution in [0.4, 0.5) is 0 Å². The van der Waals surface area contributed by atoms with Gasteiger partial charge >= 0.3 is 4.20 Å². The lowest BCUT2D eigenvalue weighted by Crippen LogP contribution is -2.51. The summed E-state index contributed by atoms with van der Waals surface area (Å²) in [6.45, 7) is 0. The van der Waals surface area contributed by atoms with Gasteiger partial charge in [-0.3, -0.25) is 10.1 Å². The number of hydrogen-bond acceptors (Lipinski definition) is 7. The molecule has 0 amide bonds. The SMILES string of the molecule is CS(=O)(=O)C(C#N)([N+](=O)[O-])S(=O)(=O)c1ccccc1. The van der Waals surface area contributed by atoms with Crippen LogP contribution in [-0.4, -0.2) is 32.2 Å². The van der Waals surface area contributed by atoms with Crippen LogP contribution >= 0.6 is 0 Å². The highest BCUT2D eigenvalue weighted by molar-refractivity contribution is 8.10. The van der Waals surface area contributed by atoms with Crippen LogP contribution in [0.3, 0.4) is 0 Å². The molecular weight excluding hydrogens is 296 g/mol. The molecule has 19 heavy (non-hydrogen) atoms. The van der Waals surface area contributed by atoms with Gasteiger partial charge in [0.15, 0.2) is 6.07 Å². The van der Waals surface area contributed by atoms with Crippen molar-refractivity contribution in [2.45, 2.75) is 9.10 Å². The maximum absolute atomic E-state index is 12.1. The quantitative estimate of drug-likeness (QED) is 0.562.